The predicted molar refractivity (Wildman–Crippen MR) is 135 cm³/mol. The summed E-state index contributed by atoms with van der Waals surface area (Å²) in [7, 11) is 2.16. The largest absolute Gasteiger partial charge is 0.459 e. The van der Waals surface area contributed by atoms with Gasteiger partial charge in [-0.15, -0.1) is 0 Å². The lowest BCUT2D eigenvalue weighted by atomic mass is 10.00. The zero-order valence-corrected chi connectivity index (χ0v) is 19.9. The Kier molecular flexibility index (Phi) is 5.87. The molecule has 0 bridgehead atoms. The molecule has 0 spiro atoms. The smallest absolute Gasteiger partial charge is 0.294 e. The second-order valence-corrected chi connectivity index (χ2v) is 9.17. The first-order valence-electron chi connectivity index (χ1n) is 11.8. The molecule has 1 atom stereocenters. The van der Waals surface area contributed by atoms with Gasteiger partial charge in [0, 0.05) is 45.3 Å². The van der Waals surface area contributed by atoms with Crippen molar-refractivity contribution < 1.29 is 14.0 Å². The number of hydrogen-bond acceptors (Lipinski definition) is 5. The molecule has 3 heterocycles. The number of furan rings is 1. The third-order valence-corrected chi connectivity index (χ3v) is 6.80. The van der Waals surface area contributed by atoms with Gasteiger partial charge in [-0.05, 0) is 61.5 Å². The fourth-order valence-electron chi connectivity index (χ4n) is 4.94. The zero-order chi connectivity index (χ0) is 23.8. The minimum absolute atomic E-state index is 0.0388. The molecule has 0 unspecified atom stereocenters. The maximum Gasteiger partial charge on any atom is 0.294 e. The van der Waals surface area contributed by atoms with Crippen LogP contribution >= 0.6 is 0 Å². The molecular formula is C27H30N4O3. The third-order valence-electron chi connectivity index (χ3n) is 6.80. The SMILES string of the molecule is CC(=O)N1c2ccc(-c3ccc(N4CCN(C)CC4)cc3)cc2N(C(=O)c2ccco2)C[C@@H]1C. The first-order valence-corrected chi connectivity index (χ1v) is 11.8. The number of carbonyl (C=O) groups excluding carboxylic acids is 2. The first kappa shape index (κ1) is 22.2. The van der Waals surface area contributed by atoms with E-state index in [1.165, 1.54) is 12.0 Å². The lowest BCUT2D eigenvalue weighted by Crippen LogP contribution is -2.51. The number of amides is 2. The minimum atomic E-state index is -0.205. The molecule has 2 aromatic carbocycles. The molecule has 1 fully saturated rings. The Bertz CT molecular complexity index is 1180. The van der Waals surface area contributed by atoms with E-state index in [4.69, 9.17) is 4.42 Å². The van der Waals surface area contributed by atoms with E-state index in [-0.39, 0.29) is 23.6 Å². The summed E-state index contributed by atoms with van der Waals surface area (Å²) in [6, 6.07) is 17.8. The normalized spacial score (nSPS) is 18.7. The van der Waals surface area contributed by atoms with Gasteiger partial charge in [0.2, 0.25) is 5.91 Å². The van der Waals surface area contributed by atoms with Crippen LogP contribution in [0.2, 0.25) is 0 Å². The Morgan fingerprint density at radius 3 is 2.26 bits per heavy atom. The molecule has 0 saturated carbocycles. The Morgan fingerprint density at radius 2 is 1.62 bits per heavy atom. The van der Waals surface area contributed by atoms with Gasteiger partial charge >= 0.3 is 0 Å². The van der Waals surface area contributed by atoms with Gasteiger partial charge in [-0.2, -0.15) is 0 Å². The van der Waals surface area contributed by atoms with Gasteiger partial charge in [0.25, 0.3) is 5.91 Å². The van der Waals surface area contributed by atoms with Crippen LogP contribution in [-0.4, -0.2) is 62.5 Å². The number of benzene rings is 2. The van der Waals surface area contributed by atoms with Crippen LogP contribution in [-0.2, 0) is 4.79 Å². The molecule has 0 N–H and O–H groups in total. The molecule has 0 radical (unpaired) electrons. The highest BCUT2D eigenvalue weighted by Gasteiger charge is 2.35. The number of piperazine rings is 1. The van der Waals surface area contributed by atoms with Gasteiger partial charge < -0.3 is 24.0 Å². The van der Waals surface area contributed by atoms with E-state index in [0.717, 1.165) is 48.7 Å². The molecule has 1 aromatic heterocycles. The van der Waals surface area contributed by atoms with Crippen LogP contribution in [0.3, 0.4) is 0 Å². The summed E-state index contributed by atoms with van der Waals surface area (Å²) in [5.41, 5.74) is 4.75. The summed E-state index contributed by atoms with van der Waals surface area (Å²) >= 11 is 0. The second-order valence-electron chi connectivity index (χ2n) is 9.17. The molecule has 34 heavy (non-hydrogen) atoms. The van der Waals surface area contributed by atoms with Crippen molar-refractivity contribution in [3.05, 3.63) is 66.6 Å². The first-order chi connectivity index (χ1) is 16.4. The number of rotatable bonds is 3. The molecule has 0 aliphatic carbocycles. The Labute approximate surface area is 200 Å². The number of likely N-dealkylation sites (N-methyl/N-ethyl adjacent to an activating group) is 1. The Morgan fingerprint density at radius 1 is 0.912 bits per heavy atom. The van der Waals surface area contributed by atoms with Crippen molar-refractivity contribution >= 4 is 28.9 Å². The summed E-state index contributed by atoms with van der Waals surface area (Å²) in [5, 5.41) is 0. The Hall–Kier alpha value is -3.58. The average Bonchev–Trinajstić information content (AvgIpc) is 3.38. The van der Waals surface area contributed by atoms with E-state index in [0.29, 0.717) is 6.54 Å². The molecule has 3 aromatic rings. The molecule has 1 saturated heterocycles. The fourth-order valence-corrected chi connectivity index (χ4v) is 4.94. The monoisotopic (exact) mass is 458 g/mol. The molecule has 2 aliphatic heterocycles. The quantitative estimate of drug-likeness (QED) is 0.592. The molecular weight excluding hydrogens is 428 g/mol. The van der Waals surface area contributed by atoms with Gasteiger partial charge in [0.05, 0.1) is 23.7 Å². The van der Waals surface area contributed by atoms with E-state index in [1.807, 2.05) is 25.1 Å². The van der Waals surface area contributed by atoms with Gasteiger partial charge in [0.1, 0.15) is 0 Å². The lowest BCUT2D eigenvalue weighted by Gasteiger charge is -2.40. The van der Waals surface area contributed by atoms with Crippen LogP contribution in [0.4, 0.5) is 17.1 Å². The summed E-state index contributed by atoms with van der Waals surface area (Å²) in [6.07, 6.45) is 1.50. The average molecular weight is 459 g/mol. The van der Waals surface area contributed by atoms with Crippen molar-refractivity contribution in [2.24, 2.45) is 0 Å². The van der Waals surface area contributed by atoms with Crippen molar-refractivity contribution in [2.45, 2.75) is 19.9 Å². The van der Waals surface area contributed by atoms with E-state index in [2.05, 4.69) is 41.1 Å². The standard InChI is InChI=1S/C27H30N4O3/c1-19-18-30(27(33)26-5-4-16-34-26)25-17-22(8-11-24(25)31(19)20(2)32)21-6-9-23(10-7-21)29-14-12-28(3)13-15-29/h4-11,16-17,19H,12-15,18H2,1-3H3/t19-/m0/s1. The van der Waals surface area contributed by atoms with E-state index in [1.54, 1.807) is 28.9 Å². The highest BCUT2D eigenvalue weighted by atomic mass is 16.3. The van der Waals surface area contributed by atoms with Gasteiger partial charge in [-0.25, -0.2) is 0 Å². The van der Waals surface area contributed by atoms with Crippen LogP contribution in [0, 0.1) is 0 Å². The number of anilines is 3. The highest BCUT2D eigenvalue weighted by Crippen LogP contribution is 2.39. The second kappa shape index (κ2) is 8.99. The van der Waals surface area contributed by atoms with Crippen LogP contribution in [0.1, 0.15) is 24.4 Å². The van der Waals surface area contributed by atoms with Crippen LogP contribution in [0.25, 0.3) is 11.1 Å². The molecule has 2 amide bonds. The van der Waals surface area contributed by atoms with E-state index >= 15 is 0 Å². The van der Waals surface area contributed by atoms with Gasteiger partial charge in [-0.1, -0.05) is 18.2 Å². The third kappa shape index (κ3) is 4.07. The molecule has 5 rings (SSSR count). The zero-order valence-electron chi connectivity index (χ0n) is 19.9. The molecule has 7 heteroatoms. The number of hydrogen-bond donors (Lipinski definition) is 0. The van der Waals surface area contributed by atoms with Crippen LogP contribution in [0.5, 0.6) is 0 Å². The summed E-state index contributed by atoms with van der Waals surface area (Å²) in [5.74, 6) is 0.0448. The van der Waals surface area contributed by atoms with E-state index < -0.39 is 0 Å². The number of fused-ring (bicyclic) bond motifs is 1. The molecule has 7 nitrogen and oxygen atoms in total. The van der Waals surface area contributed by atoms with Crippen molar-refractivity contribution in [3.63, 3.8) is 0 Å². The Balaban J connectivity index is 1.49. The topological polar surface area (TPSA) is 60.2 Å². The number of carbonyl (C=O) groups is 2. The van der Waals surface area contributed by atoms with Crippen molar-refractivity contribution in [1.82, 2.24) is 4.90 Å². The van der Waals surface area contributed by atoms with Gasteiger partial charge in [-0.3, -0.25) is 9.59 Å². The summed E-state index contributed by atoms with van der Waals surface area (Å²) < 4.78 is 5.39. The van der Waals surface area contributed by atoms with Crippen molar-refractivity contribution in [2.75, 3.05) is 54.5 Å². The highest BCUT2D eigenvalue weighted by molar-refractivity contribution is 6.10. The van der Waals surface area contributed by atoms with Crippen LogP contribution < -0.4 is 14.7 Å². The van der Waals surface area contributed by atoms with Crippen LogP contribution in [0.15, 0.2) is 65.3 Å². The lowest BCUT2D eigenvalue weighted by molar-refractivity contribution is -0.117. The maximum atomic E-state index is 13.3. The number of nitrogens with zero attached hydrogens (tertiary/aromatic N) is 4. The van der Waals surface area contributed by atoms with E-state index in [9.17, 15) is 9.59 Å². The maximum absolute atomic E-state index is 13.3. The van der Waals surface area contributed by atoms with Crippen molar-refractivity contribution in [3.8, 4) is 11.1 Å². The summed E-state index contributed by atoms with van der Waals surface area (Å²) in [6.45, 7) is 8.11. The van der Waals surface area contributed by atoms with Crippen molar-refractivity contribution in [1.29, 1.82) is 0 Å². The fraction of sp³-hybridized carbons (Fsp3) is 0.333. The molecule has 176 valence electrons. The van der Waals surface area contributed by atoms with Gasteiger partial charge in [0.15, 0.2) is 5.76 Å². The predicted octanol–water partition coefficient (Wildman–Crippen LogP) is 4.10. The summed E-state index contributed by atoms with van der Waals surface area (Å²) in [4.78, 5) is 33.9. The minimum Gasteiger partial charge on any atom is -0.459 e. The molecule has 2 aliphatic rings.